The van der Waals surface area contributed by atoms with Crippen molar-refractivity contribution in [3.8, 4) is 0 Å². The molecule has 1 saturated carbocycles. The Morgan fingerprint density at radius 3 is 2.81 bits per heavy atom. The molecular formula is C19H21ClN4O3. The van der Waals surface area contributed by atoms with Crippen LogP contribution in [0.4, 0.5) is 4.79 Å². The Morgan fingerprint density at radius 1 is 1.26 bits per heavy atom. The van der Waals surface area contributed by atoms with Gasteiger partial charge in [0, 0.05) is 28.7 Å². The summed E-state index contributed by atoms with van der Waals surface area (Å²) < 4.78 is 0. The van der Waals surface area contributed by atoms with Gasteiger partial charge in [0.1, 0.15) is 12.1 Å². The molecule has 1 spiro atoms. The zero-order valence-electron chi connectivity index (χ0n) is 14.8. The van der Waals surface area contributed by atoms with Crippen LogP contribution in [-0.4, -0.2) is 46.4 Å². The van der Waals surface area contributed by atoms with Gasteiger partial charge in [-0.3, -0.25) is 14.5 Å². The largest absolute Gasteiger partial charge is 0.361 e. The van der Waals surface area contributed by atoms with Crippen molar-refractivity contribution in [2.24, 2.45) is 0 Å². The maximum atomic E-state index is 12.6. The fraction of sp³-hybridized carbons (Fsp3) is 0.421. The second-order valence-electron chi connectivity index (χ2n) is 7.21. The Kier molecular flexibility index (Phi) is 4.55. The van der Waals surface area contributed by atoms with Gasteiger partial charge in [0.25, 0.3) is 5.91 Å². The highest BCUT2D eigenvalue weighted by molar-refractivity contribution is 6.31. The molecule has 0 radical (unpaired) electrons. The molecule has 2 heterocycles. The van der Waals surface area contributed by atoms with Crippen LogP contribution in [0.5, 0.6) is 0 Å². The fourth-order valence-corrected chi connectivity index (χ4v) is 4.20. The first-order chi connectivity index (χ1) is 13.0. The Bertz CT molecular complexity index is 917. The van der Waals surface area contributed by atoms with E-state index in [1.807, 2.05) is 24.4 Å². The van der Waals surface area contributed by atoms with Gasteiger partial charge in [0.2, 0.25) is 5.91 Å². The number of hydrogen-bond donors (Lipinski definition) is 3. The van der Waals surface area contributed by atoms with Crippen LogP contribution in [-0.2, 0) is 16.0 Å². The quantitative estimate of drug-likeness (QED) is 0.686. The van der Waals surface area contributed by atoms with E-state index in [0.29, 0.717) is 30.8 Å². The lowest BCUT2D eigenvalue weighted by Crippen LogP contribution is -2.45. The summed E-state index contributed by atoms with van der Waals surface area (Å²) in [6.07, 6.45) is 5.66. The summed E-state index contributed by atoms with van der Waals surface area (Å²) in [7, 11) is 0. The summed E-state index contributed by atoms with van der Waals surface area (Å²) in [5.74, 6) is -0.613. The molecule has 3 N–H and O–H groups in total. The number of rotatable bonds is 5. The van der Waals surface area contributed by atoms with E-state index in [2.05, 4.69) is 15.6 Å². The van der Waals surface area contributed by atoms with Crippen molar-refractivity contribution >= 4 is 40.3 Å². The maximum absolute atomic E-state index is 12.6. The van der Waals surface area contributed by atoms with E-state index in [-0.39, 0.29) is 18.4 Å². The average Bonchev–Trinajstić information content (AvgIpc) is 3.32. The molecule has 27 heavy (non-hydrogen) atoms. The number of hydrogen-bond acceptors (Lipinski definition) is 3. The van der Waals surface area contributed by atoms with E-state index < -0.39 is 11.6 Å². The zero-order chi connectivity index (χ0) is 19.0. The van der Waals surface area contributed by atoms with E-state index in [9.17, 15) is 14.4 Å². The molecule has 2 aromatic rings. The van der Waals surface area contributed by atoms with Crippen molar-refractivity contribution in [2.75, 3.05) is 13.1 Å². The minimum Gasteiger partial charge on any atom is -0.361 e. The highest BCUT2D eigenvalue weighted by Crippen LogP contribution is 2.34. The summed E-state index contributed by atoms with van der Waals surface area (Å²) in [4.78, 5) is 41.1. The molecule has 1 aliphatic carbocycles. The number of amides is 4. The first-order valence-corrected chi connectivity index (χ1v) is 9.53. The van der Waals surface area contributed by atoms with Gasteiger partial charge in [0.15, 0.2) is 0 Å². The second-order valence-corrected chi connectivity index (χ2v) is 7.65. The topological polar surface area (TPSA) is 94.3 Å². The van der Waals surface area contributed by atoms with Gasteiger partial charge in [-0.25, -0.2) is 4.79 Å². The molecule has 0 atom stereocenters. The minimum atomic E-state index is -0.777. The molecule has 7 nitrogen and oxygen atoms in total. The number of H-pyrrole nitrogens is 1. The molecule has 4 amide bonds. The van der Waals surface area contributed by atoms with E-state index in [1.165, 1.54) is 0 Å². The van der Waals surface area contributed by atoms with Crippen LogP contribution in [0.25, 0.3) is 10.9 Å². The number of carbonyl (C=O) groups is 3. The molecule has 8 heteroatoms. The van der Waals surface area contributed by atoms with E-state index >= 15 is 0 Å². The number of benzene rings is 1. The number of carbonyl (C=O) groups excluding carboxylic acids is 3. The highest BCUT2D eigenvalue weighted by atomic mass is 35.5. The van der Waals surface area contributed by atoms with Gasteiger partial charge in [-0.05, 0) is 43.0 Å². The molecule has 142 valence electrons. The third-order valence-corrected chi connectivity index (χ3v) is 5.69. The molecule has 2 fully saturated rings. The van der Waals surface area contributed by atoms with Crippen LogP contribution in [0.15, 0.2) is 24.4 Å². The molecule has 1 aromatic heterocycles. The Morgan fingerprint density at radius 2 is 2.04 bits per heavy atom. The van der Waals surface area contributed by atoms with Gasteiger partial charge in [0.05, 0.1) is 0 Å². The van der Waals surface area contributed by atoms with Crippen LogP contribution in [0, 0.1) is 0 Å². The van der Waals surface area contributed by atoms with Crippen molar-refractivity contribution in [3.63, 3.8) is 0 Å². The second kappa shape index (κ2) is 6.88. The minimum absolute atomic E-state index is 0.244. The number of imide groups is 1. The van der Waals surface area contributed by atoms with Crippen molar-refractivity contribution in [1.82, 2.24) is 20.5 Å². The fourth-order valence-electron chi connectivity index (χ4n) is 4.03. The van der Waals surface area contributed by atoms with Gasteiger partial charge >= 0.3 is 6.03 Å². The van der Waals surface area contributed by atoms with Gasteiger partial charge in [-0.1, -0.05) is 24.4 Å². The Balaban J connectivity index is 1.33. The zero-order valence-corrected chi connectivity index (χ0v) is 15.6. The molecule has 4 rings (SSSR count). The number of fused-ring (bicyclic) bond motifs is 1. The normalized spacial score (nSPS) is 18.5. The maximum Gasteiger partial charge on any atom is 0.325 e. The van der Waals surface area contributed by atoms with Crippen LogP contribution >= 0.6 is 11.6 Å². The lowest BCUT2D eigenvalue weighted by Gasteiger charge is -2.19. The molecule has 1 aromatic carbocycles. The summed E-state index contributed by atoms with van der Waals surface area (Å²) in [5, 5.41) is 7.25. The van der Waals surface area contributed by atoms with E-state index in [4.69, 9.17) is 11.6 Å². The van der Waals surface area contributed by atoms with Crippen molar-refractivity contribution in [3.05, 3.63) is 35.0 Å². The molecule has 1 saturated heterocycles. The first kappa shape index (κ1) is 17.9. The van der Waals surface area contributed by atoms with Crippen LogP contribution in [0.3, 0.4) is 0 Å². The van der Waals surface area contributed by atoms with Crippen molar-refractivity contribution in [1.29, 1.82) is 0 Å². The summed E-state index contributed by atoms with van der Waals surface area (Å²) >= 11 is 6.05. The van der Waals surface area contributed by atoms with Crippen LogP contribution < -0.4 is 10.6 Å². The van der Waals surface area contributed by atoms with Gasteiger partial charge in [-0.2, -0.15) is 0 Å². The third kappa shape index (κ3) is 3.27. The Labute approximate surface area is 161 Å². The lowest BCUT2D eigenvalue weighted by molar-refractivity contribution is -0.134. The van der Waals surface area contributed by atoms with Gasteiger partial charge < -0.3 is 15.6 Å². The Hall–Kier alpha value is -2.54. The lowest BCUT2D eigenvalue weighted by atomic mass is 9.98. The number of halogens is 1. The SMILES string of the molecule is O=C(CN1C(=O)NC2(CCCC2)C1=O)NCCc1c[nH]c2ccc(Cl)cc12. The number of urea groups is 1. The number of nitrogens with one attached hydrogen (secondary N) is 3. The number of nitrogens with zero attached hydrogens (tertiary/aromatic N) is 1. The molecular weight excluding hydrogens is 368 g/mol. The summed E-state index contributed by atoms with van der Waals surface area (Å²) in [6.45, 7) is 0.166. The van der Waals surface area contributed by atoms with Crippen molar-refractivity contribution in [2.45, 2.75) is 37.6 Å². The predicted molar refractivity (Wildman–Crippen MR) is 101 cm³/mol. The van der Waals surface area contributed by atoms with Crippen molar-refractivity contribution < 1.29 is 14.4 Å². The molecule has 0 bridgehead atoms. The summed E-state index contributed by atoms with van der Waals surface area (Å²) in [5.41, 5.74) is 1.26. The highest BCUT2D eigenvalue weighted by Gasteiger charge is 2.52. The molecule has 1 aliphatic heterocycles. The van der Waals surface area contributed by atoms with Crippen LogP contribution in [0.2, 0.25) is 5.02 Å². The number of aromatic nitrogens is 1. The molecule has 2 aliphatic rings. The van der Waals surface area contributed by atoms with Crippen LogP contribution in [0.1, 0.15) is 31.2 Å². The molecule has 0 unspecified atom stereocenters. The van der Waals surface area contributed by atoms with Gasteiger partial charge in [-0.15, -0.1) is 0 Å². The third-order valence-electron chi connectivity index (χ3n) is 5.45. The first-order valence-electron chi connectivity index (χ1n) is 9.15. The number of aromatic amines is 1. The van der Waals surface area contributed by atoms with E-state index in [0.717, 1.165) is 34.2 Å². The predicted octanol–water partition coefficient (Wildman–Crippen LogP) is 2.34. The monoisotopic (exact) mass is 388 g/mol. The average molecular weight is 389 g/mol. The summed E-state index contributed by atoms with van der Waals surface area (Å²) in [6, 6.07) is 5.15. The van der Waals surface area contributed by atoms with E-state index in [1.54, 1.807) is 0 Å². The smallest absolute Gasteiger partial charge is 0.325 e. The standard InChI is InChI=1S/C19H21ClN4O3/c20-13-3-4-15-14(9-13)12(10-22-15)5-8-21-16(25)11-24-17(26)19(23-18(24)27)6-1-2-7-19/h3-4,9-10,22H,1-2,5-8,11H2,(H,21,25)(H,23,27).